The number of hydrogen-bond acceptors (Lipinski definition) is 7. The molecule has 184 valence electrons. The Balaban J connectivity index is 1.76. The van der Waals surface area contributed by atoms with Gasteiger partial charge in [0.2, 0.25) is 0 Å². The maximum absolute atomic E-state index is 13.6. The minimum Gasteiger partial charge on any atom is -0.508 e. The lowest BCUT2D eigenvalue weighted by Gasteiger charge is -2.36. The molecule has 0 saturated heterocycles. The monoisotopic (exact) mass is 477 g/mol. The number of aliphatic imine (C=N–C) groups is 1. The zero-order valence-electron chi connectivity index (χ0n) is 20.5. The third-order valence-corrected chi connectivity index (χ3v) is 6.70. The summed E-state index contributed by atoms with van der Waals surface area (Å²) in [5.41, 5.74) is 3.50. The molecule has 35 heavy (non-hydrogen) atoms. The first-order chi connectivity index (χ1) is 16.9. The van der Waals surface area contributed by atoms with Crippen molar-refractivity contribution >= 4 is 17.5 Å². The molecule has 0 saturated carbocycles. The summed E-state index contributed by atoms with van der Waals surface area (Å²) in [4.78, 5) is 31.5. The van der Waals surface area contributed by atoms with Crippen LogP contribution in [-0.4, -0.2) is 43.4 Å². The first-order valence-electron chi connectivity index (χ1n) is 11.9. The van der Waals surface area contributed by atoms with Gasteiger partial charge in [-0.3, -0.25) is 14.6 Å². The zero-order valence-corrected chi connectivity index (χ0v) is 20.5. The van der Waals surface area contributed by atoms with Crippen LogP contribution in [0.3, 0.4) is 0 Å². The number of ketones is 1. The number of hydrogen-bond donors (Lipinski definition) is 1. The summed E-state index contributed by atoms with van der Waals surface area (Å²) < 4.78 is 16.3. The predicted molar refractivity (Wildman–Crippen MR) is 132 cm³/mol. The molecule has 3 atom stereocenters. The van der Waals surface area contributed by atoms with E-state index in [1.165, 1.54) is 0 Å². The molecule has 1 heterocycles. The average Bonchev–Trinajstić information content (AvgIpc) is 2.85. The molecule has 2 aromatic carbocycles. The van der Waals surface area contributed by atoms with Crippen LogP contribution >= 0.6 is 0 Å². The highest BCUT2D eigenvalue weighted by molar-refractivity contribution is 6.09. The first kappa shape index (κ1) is 24.5. The highest BCUT2D eigenvalue weighted by Gasteiger charge is 2.44. The summed E-state index contributed by atoms with van der Waals surface area (Å²) in [6.07, 6.45) is 1.54. The molecule has 7 heteroatoms. The normalized spacial score (nSPS) is 21.8. The van der Waals surface area contributed by atoms with Crippen molar-refractivity contribution in [2.45, 2.75) is 44.9 Å². The van der Waals surface area contributed by atoms with Gasteiger partial charge in [-0.05, 0) is 61.1 Å². The van der Waals surface area contributed by atoms with Crippen LogP contribution in [-0.2, 0) is 14.3 Å². The number of ether oxygens (including phenoxy) is 3. The van der Waals surface area contributed by atoms with Crippen LogP contribution < -0.4 is 9.47 Å². The molecule has 1 aliphatic heterocycles. The molecule has 4 rings (SSSR count). The molecule has 1 aliphatic carbocycles. The van der Waals surface area contributed by atoms with Crippen LogP contribution in [0, 0.1) is 5.92 Å². The van der Waals surface area contributed by atoms with E-state index in [1.807, 2.05) is 38.1 Å². The van der Waals surface area contributed by atoms with E-state index in [2.05, 4.69) is 0 Å². The quantitative estimate of drug-likeness (QED) is 0.568. The van der Waals surface area contributed by atoms with Gasteiger partial charge in [0.15, 0.2) is 17.3 Å². The molecule has 2 aromatic rings. The van der Waals surface area contributed by atoms with Crippen molar-refractivity contribution in [3.05, 3.63) is 64.9 Å². The molecule has 2 aliphatic rings. The molecule has 0 fully saturated rings. The molecule has 0 aromatic heterocycles. The van der Waals surface area contributed by atoms with Crippen molar-refractivity contribution in [3.8, 4) is 17.2 Å². The number of nitrogens with zero attached hydrogens (tertiary/aromatic N) is 1. The number of carbonyl (C=O) groups is 2. The first-order valence-corrected chi connectivity index (χ1v) is 11.9. The van der Waals surface area contributed by atoms with E-state index in [9.17, 15) is 14.7 Å². The minimum absolute atomic E-state index is 0.0519. The van der Waals surface area contributed by atoms with Crippen molar-refractivity contribution in [2.75, 3.05) is 20.8 Å². The molecule has 7 nitrogen and oxygen atoms in total. The smallest absolute Gasteiger partial charge is 0.315 e. The van der Waals surface area contributed by atoms with E-state index in [0.29, 0.717) is 53.5 Å². The van der Waals surface area contributed by atoms with Crippen molar-refractivity contribution in [1.82, 2.24) is 0 Å². The lowest BCUT2D eigenvalue weighted by Crippen LogP contribution is -2.38. The number of carbonyl (C=O) groups excluding carboxylic acids is 2. The van der Waals surface area contributed by atoms with E-state index >= 15 is 0 Å². The van der Waals surface area contributed by atoms with Crippen LogP contribution in [0.15, 0.2) is 58.7 Å². The van der Waals surface area contributed by atoms with Crippen molar-refractivity contribution in [1.29, 1.82) is 0 Å². The van der Waals surface area contributed by atoms with E-state index in [-0.39, 0.29) is 23.9 Å². The van der Waals surface area contributed by atoms with Crippen LogP contribution in [0.25, 0.3) is 0 Å². The van der Waals surface area contributed by atoms with Gasteiger partial charge in [0, 0.05) is 29.3 Å². The lowest BCUT2D eigenvalue weighted by molar-refractivity contribution is -0.146. The SMILES string of the molecule is CCCOC(=O)C1C(C)=NC2=C(C(=O)C[C@H](c3ccc(OC)c(OC)c3)C2)[C@H]1c1cccc(O)c1. The third-order valence-electron chi connectivity index (χ3n) is 6.70. The van der Waals surface area contributed by atoms with Gasteiger partial charge in [0.25, 0.3) is 0 Å². The molecule has 0 bridgehead atoms. The number of benzene rings is 2. The summed E-state index contributed by atoms with van der Waals surface area (Å²) in [5, 5.41) is 10.2. The molecule has 0 amide bonds. The average molecular weight is 478 g/mol. The minimum atomic E-state index is -0.719. The summed E-state index contributed by atoms with van der Waals surface area (Å²) in [7, 11) is 3.17. The van der Waals surface area contributed by atoms with Crippen LogP contribution in [0.4, 0.5) is 0 Å². The van der Waals surface area contributed by atoms with Crippen molar-refractivity contribution in [2.24, 2.45) is 10.9 Å². The summed E-state index contributed by atoms with van der Waals surface area (Å²) in [6, 6.07) is 12.4. The van der Waals surface area contributed by atoms with E-state index in [0.717, 1.165) is 5.56 Å². The van der Waals surface area contributed by atoms with Gasteiger partial charge in [-0.15, -0.1) is 0 Å². The Morgan fingerprint density at radius 2 is 1.83 bits per heavy atom. The van der Waals surface area contributed by atoms with E-state index in [4.69, 9.17) is 19.2 Å². The molecule has 0 spiro atoms. The number of Topliss-reactive ketones (excluding diaryl/α,β-unsaturated/α-hetero) is 1. The van der Waals surface area contributed by atoms with Gasteiger partial charge in [-0.25, -0.2) is 0 Å². The molecule has 1 unspecified atom stereocenters. The Morgan fingerprint density at radius 3 is 2.51 bits per heavy atom. The molecular weight excluding hydrogens is 446 g/mol. The molecule has 1 N–H and O–H groups in total. The number of esters is 1. The second kappa shape index (κ2) is 10.3. The summed E-state index contributed by atoms with van der Waals surface area (Å²) in [6.45, 7) is 4.04. The van der Waals surface area contributed by atoms with Crippen LogP contribution in [0.2, 0.25) is 0 Å². The number of methoxy groups -OCH3 is 2. The van der Waals surface area contributed by atoms with Gasteiger partial charge in [-0.1, -0.05) is 25.1 Å². The fraction of sp³-hybridized carbons (Fsp3) is 0.393. The Labute approximate surface area is 205 Å². The topological polar surface area (TPSA) is 94.4 Å². The summed E-state index contributed by atoms with van der Waals surface area (Å²) in [5.74, 6) is -0.490. The number of phenols is 1. The van der Waals surface area contributed by atoms with E-state index in [1.54, 1.807) is 32.4 Å². The molecule has 0 radical (unpaired) electrons. The van der Waals surface area contributed by atoms with Crippen molar-refractivity contribution in [3.63, 3.8) is 0 Å². The fourth-order valence-corrected chi connectivity index (χ4v) is 5.08. The standard InChI is InChI=1S/C28H31NO6/c1-5-11-35-28(32)25-16(2)29-21-13-19(17-9-10-23(33-3)24(15-17)34-4)14-22(31)27(21)26(25)18-7-6-8-20(30)12-18/h6-10,12,15,19,25-26,30H,5,11,13-14H2,1-4H3/t19-,25?,26+/m1/s1. The van der Waals surface area contributed by atoms with Crippen molar-refractivity contribution < 1.29 is 28.9 Å². The van der Waals surface area contributed by atoms with Gasteiger partial charge in [0.1, 0.15) is 11.7 Å². The number of rotatable bonds is 7. The fourth-order valence-electron chi connectivity index (χ4n) is 5.08. The Hall–Kier alpha value is -3.61. The highest BCUT2D eigenvalue weighted by atomic mass is 16.5. The maximum Gasteiger partial charge on any atom is 0.315 e. The Bertz CT molecular complexity index is 1200. The van der Waals surface area contributed by atoms with Crippen LogP contribution in [0.1, 0.15) is 56.1 Å². The Kier molecular flexibility index (Phi) is 7.24. The second-order valence-corrected chi connectivity index (χ2v) is 8.97. The largest absolute Gasteiger partial charge is 0.508 e. The summed E-state index contributed by atoms with van der Waals surface area (Å²) >= 11 is 0. The number of phenolic OH excluding ortho intramolecular Hbond substituents is 1. The lowest BCUT2D eigenvalue weighted by atomic mass is 9.69. The molecular formula is C28H31NO6. The van der Waals surface area contributed by atoms with Gasteiger partial charge < -0.3 is 19.3 Å². The zero-order chi connectivity index (χ0) is 25.1. The number of allylic oxidation sites excluding steroid dienone is 2. The maximum atomic E-state index is 13.6. The van der Waals surface area contributed by atoms with Gasteiger partial charge in [-0.2, -0.15) is 0 Å². The number of aromatic hydroxyl groups is 1. The van der Waals surface area contributed by atoms with Gasteiger partial charge in [0.05, 0.1) is 20.8 Å². The predicted octanol–water partition coefficient (Wildman–Crippen LogP) is 4.94. The van der Waals surface area contributed by atoms with Gasteiger partial charge >= 0.3 is 5.97 Å². The van der Waals surface area contributed by atoms with E-state index < -0.39 is 17.8 Å². The van der Waals surface area contributed by atoms with Crippen LogP contribution in [0.5, 0.6) is 17.2 Å². The second-order valence-electron chi connectivity index (χ2n) is 8.97. The third kappa shape index (κ3) is 4.81. The Morgan fingerprint density at radius 1 is 1.06 bits per heavy atom. The highest BCUT2D eigenvalue weighted by Crippen LogP contribution is 2.47.